The fourth-order valence-corrected chi connectivity index (χ4v) is 5.81. The molecular formula is C27H34O3S2. The van der Waals surface area contributed by atoms with Gasteiger partial charge in [-0.3, -0.25) is 4.79 Å². The van der Waals surface area contributed by atoms with E-state index in [1.54, 1.807) is 23.1 Å². The molecule has 1 aliphatic heterocycles. The summed E-state index contributed by atoms with van der Waals surface area (Å²) < 4.78 is 11.0. The lowest BCUT2D eigenvalue weighted by molar-refractivity contribution is -0.143. The maximum absolute atomic E-state index is 11.5. The molecule has 0 aliphatic carbocycles. The van der Waals surface area contributed by atoms with Gasteiger partial charge in [0, 0.05) is 32.7 Å². The van der Waals surface area contributed by atoms with Crippen LogP contribution >= 0.6 is 23.1 Å². The maximum Gasteiger partial charge on any atom is 0.305 e. The first-order valence-electron chi connectivity index (χ1n) is 11.7. The topological polar surface area (TPSA) is 35.5 Å². The zero-order chi connectivity index (χ0) is 23.0. The average molecular weight is 471 g/mol. The van der Waals surface area contributed by atoms with E-state index < -0.39 is 0 Å². The molecule has 0 saturated carbocycles. The van der Waals surface area contributed by atoms with Gasteiger partial charge in [-0.05, 0) is 76.0 Å². The Hall–Kier alpha value is -1.90. The highest BCUT2D eigenvalue weighted by atomic mass is 32.2. The third-order valence-electron chi connectivity index (χ3n) is 6.41. The molecule has 2 aromatic rings. The minimum Gasteiger partial charge on any atom is -0.493 e. The Morgan fingerprint density at radius 1 is 1.19 bits per heavy atom. The molecule has 2 heterocycles. The van der Waals surface area contributed by atoms with Crippen molar-refractivity contribution in [3.05, 3.63) is 45.1 Å². The number of carbonyl (C=O) groups is 1. The lowest BCUT2D eigenvalue weighted by Crippen LogP contribution is -2.31. The van der Waals surface area contributed by atoms with Crippen LogP contribution in [0, 0.1) is 11.8 Å². The van der Waals surface area contributed by atoms with Crippen LogP contribution < -0.4 is 4.74 Å². The molecule has 0 atom stereocenters. The SMILES string of the molecule is CCOC(=O)CCCCc1ccc(C#Cc2cc3c(cc2SC)OCCC3(CC)CC)s1. The largest absolute Gasteiger partial charge is 0.493 e. The van der Waals surface area contributed by atoms with Crippen molar-refractivity contribution in [3.63, 3.8) is 0 Å². The lowest BCUT2D eigenvalue weighted by Gasteiger charge is -2.38. The van der Waals surface area contributed by atoms with Gasteiger partial charge in [-0.2, -0.15) is 0 Å². The fraction of sp³-hybridized carbons (Fsp3) is 0.519. The van der Waals surface area contributed by atoms with Crippen molar-refractivity contribution in [2.24, 2.45) is 0 Å². The molecule has 0 spiro atoms. The van der Waals surface area contributed by atoms with Crippen LogP contribution in [0.1, 0.15) is 80.2 Å². The molecule has 0 unspecified atom stereocenters. The molecule has 3 nitrogen and oxygen atoms in total. The van der Waals surface area contributed by atoms with E-state index in [-0.39, 0.29) is 11.4 Å². The molecule has 1 aliphatic rings. The summed E-state index contributed by atoms with van der Waals surface area (Å²) >= 11 is 3.48. The standard InChI is InChI=1S/C27H34O3S2/c1-5-27(6-2)16-17-30-24-19-25(31-4)20(18-23(24)27)12-13-22-15-14-21(32-22)10-8-9-11-26(28)29-7-3/h14-15,18-19H,5-11,16-17H2,1-4H3. The van der Waals surface area contributed by atoms with Crippen molar-refractivity contribution in [2.45, 2.75) is 76.0 Å². The Labute approximate surface area is 201 Å². The van der Waals surface area contributed by atoms with E-state index in [2.05, 4.69) is 56.2 Å². The van der Waals surface area contributed by atoms with Crippen LogP contribution in [0.5, 0.6) is 5.75 Å². The number of carbonyl (C=O) groups excluding carboxylic acids is 1. The molecular weight excluding hydrogens is 436 g/mol. The molecule has 0 bridgehead atoms. The summed E-state index contributed by atoms with van der Waals surface area (Å²) in [4.78, 5) is 15.0. The summed E-state index contributed by atoms with van der Waals surface area (Å²) in [6.07, 6.45) is 8.75. The van der Waals surface area contributed by atoms with Gasteiger partial charge in [-0.1, -0.05) is 25.7 Å². The average Bonchev–Trinajstić information content (AvgIpc) is 3.27. The summed E-state index contributed by atoms with van der Waals surface area (Å²) in [6.45, 7) is 7.67. The van der Waals surface area contributed by atoms with Gasteiger partial charge in [0.05, 0.1) is 18.1 Å². The van der Waals surface area contributed by atoms with Crippen LogP contribution in [-0.4, -0.2) is 25.4 Å². The third-order valence-corrected chi connectivity index (χ3v) is 8.24. The van der Waals surface area contributed by atoms with E-state index in [9.17, 15) is 4.79 Å². The van der Waals surface area contributed by atoms with E-state index in [1.165, 1.54) is 15.3 Å². The van der Waals surface area contributed by atoms with Crippen molar-refractivity contribution in [3.8, 4) is 17.6 Å². The molecule has 0 amide bonds. The van der Waals surface area contributed by atoms with E-state index in [1.807, 2.05) is 6.92 Å². The first kappa shape index (κ1) is 24.7. The number of thioether (sulfide) groups is 1. The first-order chi connectivity index (χ1) is 15.5. The third kappa shape index (κ3) is 5.91. The van der Waals surface area contributed by atoms with Gasteiger partial charge >= 0.3 is 5.97 Å². The van der Waals surface area contributed by atoms with Crippen LogP contribution in [-0.2, 0) is 21.4 Å². The zero-order valence-corrected chi connectivity index (χ0v) is 21.3. The van der Waals surface area contributed by atoms with Gasteiger partial charge in [0.25, 0.3) is 0 Å². The first-order valence-corrected chi connectivity index (χ1v) is 13.7. The molecule has 0 N–H and O–H groups in total. The Kier molecular flexibility index (Phi) is 9.13. The molecule has 32 heavy (non-hydrogen) atoms. The monoisotopic (exact) mass is 470 g/mol. The number of hydrogen-bond acceptors (Lipinski definition) is 5. The smallest absolute Gasteiger partial charge is 0.305 e. The van der Waals surface area contributed by atoms with Crippen LogP contribution in [0.4, 0.5) is 0 Å². The van der Waals surface area contributed by atoms with E-state index in [4.69, 9.17) is 9.47 Å². The van der Waals surface area contributed by atoms with E-state index in [0.29, 0.717) is 13.0 Å². The predicted octanol–water partition coefficient (Wildman–Crippen LogP) is 6.99. The fourth-order valence-electron chi connectivity index (χ4n) is 4.35. The maximum atomic E-state index is 11.5. The van der Waals surface area contributed by atoms with Crippen molar-refractivity contribution in [1.82, 2.24) is 0 Å². The number of aryl methyl sites for hydroxylation is 1. The normalized spacial score (nSPS) is 14.1. The Balaban J connectivity index is 1.72. The quantitative estimate of drug-likeness (QED) is 0.171. The van der Waals surface area contributed by atoms with Crippen LogP contribution in [0.2, 0.25) is 0 Å². The van der Waals surface area contributed by atoms with Gasteiger partial charge in [-0.25, -0.2) is 0 Å². The number of unbranched alkanes of at least 4 members (excludes halogenated alkanes) is 1. The number of esters is 1. The second-order valence-corrected chi connectivity index (χ2v) is 10.2. The molecule has 3 rings (SSSR count). The number of ether oxygens (including phenoxy) is 2. The van der Waals surface area contributed by atoms with Gasteiger partial charge < -0.3 is 9.47 Å². The summed E-state index contributed by atoms with van der Waals surface area (Å²) in [7, 11) is 0. The van der Waals surface area contributed by atoms with Crippen LogP contribution in [0.15, 0.2) is 29.2 Å². The highest BCUT2D eigenvalue weighted by molar-refractivity contribution is 7.98. The highest BCUT2D eigenvalue weighted by Gasteiger charge is 2.35. The molecule has 1 aromatic carbocycles. The number of hydrogen-bond donors (Lipinski definition) is 0. The van der Waals surface area contributed by atoms with Crippen LogP contribution in [0.25, 0.3) is 0 Å². The van der Waals surface area contributed by atoms with Gasteiger partial charge in [0.2, 0.25) is 0 Å². The van der Waals surface area contributed by atoms with Crippen molar-refractivity contribution < 1.29 is 14.3 Å². The van der Waals surface area contributed by atoms with Gasteiger partial charge in [-0.15, -0.1) is 23.1 Å². The van der Waals surface area contributed by atoms with Gasteiger partial charge in [0.15, 0.2) is 0 Å². The van der Waals surface area contributed by atoms with Gasteiger partial charge in [0.1, 0.15) is 5.75 Å². The second-order valence-electron chi connectivity index (χ2n) is 8.16. The van der Waals surface area contributed by atoms with E-state index >= 15 is 0 Å². The molecule has 172 valence electrons. The van der Waals surface area contributed by atoms with Crippen LogP contribution in [0.3, 0.4) is 0 Å². The predicted molar refractivity (Wildman–Crippen MR) is 135 cm³/mol. The summed E-state index contributed by atoms with van der Waals surface area (Å²) in [5.74, 6) is 7.78. The molecule has 0 saturated heterocycles. The minimum atomic E-state index is -0.0968. The van der Waals surface area contributed by atoms with E-state index in [0.717, 1.165) is 61.3 Å². The van der Waals surface area contributed by atoms with Crippen molar-refractivity contribution in [1.29, 1.82) is 0 Å². The Morgan fingerprint density at radius 2 is 2.00 bits per heavy atom. The van der Waals surface area contributed by atoms with Crippen molar-refractivity contribution >= 4 is 29.1 Å². The molecule has 0 fully saturated rings. The molecule has 5 heteroatoms. The molecule has 1 aromatic heterocycles. The Morgan fingerprint density at radius 3 is 2.72 bits per heavy atom. The molecule has 0 radical (unpaired) electrons. The minimum absolute atomic E-state index is 0.0968. The summed E-state index contributed by atoms with van der Waals surface area (Å²) in [5, 5.41) is 0. The summed E-state index contributed by atoms with van der Waals surface area (Å²) in [6, 6.07) is 8.74. The number of fused-ring (bicyclic) bond motifs is 1. The number of thiophene rings is 1. The summed E-state index contributed by atoms with van der Waals surface area (Å²) in [5.41, 5.74) is 2.61. The number of benzene rings is 1. The van der Waals surface area contributed by atoms with Crippen molar-refractivity contribution in [2.75, 3.05) is 19.5 Å². The Bertz CT molecular complexity index is 977. The lowest BCUT2D eigenvalue weighted by atomic mass is 9.71. The number of rotatable bonds is 9. The zero-order valence-electron chi connectivity index (χ0n) is 19.7. The highest BCUT2D eigenvalue weighted by Crippen LogP contribution is 2.45. The second kappa shape index (κ2) is 11.8.